The fraction of sp³-hybridized carbons (Fsp3) is 0.364. The van der Waals surface area contributed by atoms with Gasteiger partial charge in [-0.25, -0.2) is 4.68 Å². The third-order valence-electron chi connectivity index (χ3n) is 2.57. The summed E-state index contributed by atoms with van der Waals surface area (Å²) in [4.78, 5) is 10.7. The molecule has 17 heavy (non-hydrogen) atoms. The van der Waals surface area contributed by atoms with Crippen molar-refractivity contribution in [3.05, 3.63) is 18.2 Å². The molecule has 0 aliphatic carbocycles. The number of carbonyl (C=O) groups is 1. The number of hydrogen-bond donors (Lipinski definition) is 1. The molecule has 6 nitrogen and oxygen atoms in total. The number of methoxy groups -OCH3 is 1. The summed E-state index contributed by atoms with van der Waals surface area (Å²) in [7, 11) is 1.58. The Balaban J connectivity index is 2.39. The van der Waals surface area contributed by atoms with Crippen molar-refractivity contribution in [3.8, 4) is 5.75 Å². The highest BCUT2D eigenvalue weighted by atomic mass is 16.5. The molecular weight excluding hydrogens is 222 g/mol. The average molecular weight is 235 g/mol. The molecule has 1 heterocycles. The van der Waals surface area contributed by atoms with E-state index in [9.17, 15) is 4.79 Å². The lowest BCUT2D eigenvalue weighted by Crippen LogP contribution is -2.11. The summed E-state index contributed by atoms with van der Waals surface area (Å²) in [6, 6.07) is 5.17. The van der Waals surface area contributed by atoms with Gasteiger partial charge in [0.2, 0.25) is 0 Å². The molecule has 0 fully saturated rings. The van der Waals surface area contributed by atoms with Crippen molar-refractivity contribution in [1.29, 1.82) is 0 Å². The highest BCUT2D eigenvalue weighted by Crippen LogP contribution is 2.21. The van der Waals surface area contributed by atoms with Crippen LogP contribution >= 0.6 is 0 Å². The lowest BCUT2D eigenvalue weighted by atomic mass is 10.2. The van der Waals surface area contributed by atoms with Crippen molar-refractivity contribution < 1.29 is 14.6 Å². The highest BCUT2D eigenvalue weighted by Gasteiger charge is 2.14. The average Bonchev–Trinajstić information content (AvgIpc) is 2.70. The van der Waals surface area contributed by atoms with E-state index in [1.54, 1.807) is 30.8 Å². The minimum atomic E-state index is -0.852. The zero-order chi connectivity index (χ0) is 12.4. The summed E-state index contributed by atoms with van der Waals surface area (Å²) in [5.41, 5.74) is 1.50. The van der Waals surface area contributed by atoms with Crippen LogP contribution in [0.2, 0.25) is 0 Å². The molecule has 90 valence electrons. The van der Waals surface area contributed by atoms with E-state index in [-0.39, 0.29) is 12.5 Å². The van der Waals surface area contributed by atoms with E-state index in [1.807, 2.05) is 6.07 Å². The maximum absolute atomic E-state index is 10.7. The summed E-state index contributed by atoms with van der Waals surface area (Å²) in [6.45, 7) is 1.80. The minimum absolute atomic E-state index is 0.0183. The number of carboxylic acids is 1. The number of benzene rings is 1. The monoisotopic (exact) mass is 235 g/mol. The highest BCUT2D eigenvalue weighted by molar-refractivity contribution is 5.76. The first-order valence-corrected chi connectivity index (χ1v) is 5.22. The summed E-state index contributed by atoms with van der Waals surface area (Å²) >= 11 is 0. The van der Waals surface area contributed by atoms with Crippen LogP contribution in [0.1, 0.15) is 19.4 Å². The second kappa shape index (κ2) is 4.40. The molecule has 0 saturated carbocycles. The normalized spacial score (nSPS) is 12.6. The first-order chi connectivity index (χ1) is 8.11. The fourth-order valence-corrected chi connectivity index (χ4v) is 1.71. The standard InChI is InChI=1S/C11H13N3O3/c1-7(5-11(15)16)14-10-4-3-8(17-2)6-9(10)12-13-14/h3-4,6-7H,5H2,1-2H3,(H,15,16). The van der Waals surface area contributed by atoms with Crippen LogP contribution in [0.3, 0.4) is 0 Å². The second-order valence-electron chi connectivity index (χ2n) is 3.84. The molecule has 0 spiro atoms. The molecule has 1 N–H and O–H groups in total. The van der Waals surface area contributed by atoms with Gasteiger partial charge in [0.05, 0.1) is 25.1 Å². The Hall–Kier alpha value is -2.11. The smallest absolute Gasteiger partial charge is 0.305 e. The van der Waals surface area contributed by atoms with Crippen molar-refractivity contribution in [2.24, 2.45) is 0 Å². The van der Waals surface area contributed by atoms with Gasteiger partial charge in [-0.2, -0.15) is 0 Å². The van der Waals surface area contributed by atoms with Crippen LogP contribution in [0, 0.1) is 0 Å². The number of ether oxygens (including phenoxy) is 1. The molecule has 0 amide bonds. The lowest BCUT2D eigenvalue weighted by molar-refractivity contribution is -0.137. The van der Waals surface area contributed by atoms with Gasteiger partial charge in [0, 0.05) is 6.07 Å². The Morgan fingerprint density at radius 2 is 2.35 bits per heavy atom. The van der Waals surface area contributed by atoms with Gasteiger partial charge < -0.3 is 9.84 Å². The van der Waals surface area contributed by atoms with Crippen LogP contribution in [0.25, 0.3) is 11.0 Å². The molecule has 0 radical (unpaired) electrons. The van der Waals surface area contributed by atoms with Crippen LogP contribution in [0.5, 0.6) is 5.75 Å². The molecule has 1 atom stereocenters. The maximum Gasteiger partial charge on any atom is 0.305 e. The Kier molecular flexibility index (Phi) is 2.95. The van der Waals surface area contributed by atoms with Gasteiger partial charge in [-0.05, 0) is 19.1 Å². The quantitative estimate of drug-likeness (QED) is 0.868. The molecule has 6 heteroatoms. The van der Waals surface area contributed by atoms with Crippen molar-refractivity contribution in [2.75, 3.05) is 7.11 Å². The van der Waals surface area contributed by atoms with E-state index in [2.05, 4.69) is 10.3 Å². The lowest BCUT2D eigenvalue weighted by Gasteiger charge is -2.09. The predicted octanol–water partition coefficient (Wildman–Crippen LogP) is 1.48. The van der Waals surface area contributed by atoms with Crippen molar-refractivity contribution in [3.63, 3.8) is 0 Å². The Morgan fingerprint density at radius 1 is 1.59 bits per heavy atom. The summed E-state index contributed by atoms with van der Waals surface area (Å²) < 4.78 is 6.70. The summed E-state index contributed by atoms with van der Waals surface area (Å²) in [5, 5.41) is 16.7. The van der Waals surface area contributed by atoms with Crippen molar-refractivity contribution in [2.45, 2.75) is 19.4 Å². The molecular formula is C11H13N3O3. The van der Waals surface area contributed by atoms with Gasteiger partial charge in [-0.3, -0.25) is 4.79 Å². The van der Waals surface area contributed by atoms with Crippen LogP contribution < -0.4 is 4.74 Å². The molecule has 1 aromatic heterocycles. The SMILES string of the molecule is COc1ccc2c(c1)nnn2C(C)CC(=O)O. The second-order valence-corrected chi connectivity index (χ2v) is 3.84. The van der Waals surface area contributed by atoms with E-state index < -0.39 is 5.97 Å². The van der Waals surface area contributed by atoms with Crippen molar-refractivity contribution >= 4 is 17.0 Å². The minimum Gasteiger partial charge on any atom is -0.497 e. The molecule has 1 unspecified atom stereocenters. The molecule has 0 aliphatic rings. The Labute approximate surface area is 97.8 Å². The Bertz CT molecular complexity index is 550. The van der Waals surface area contributed by atoms with Gasteiger partial charge >= 0.3 is 5.97 Å². The van der Waals surface area contributed by atoms with Gasteiger partial charge in [-0.15, -0.1) is 5.10 Å². The van der Waals surface area contributed by atoms with E-state index in [0.29, 0.717) is 11.3 Å². The van der Waals surface area contributed by atoms with Crippen LogP contribution in [0.15, 0.2) is 18.2 Å². The molecule has 0 bridgehead atoms. The van der Waals surface area contributed by atoms with E-state index in [0.717, 1.165) is 5.52 Å². The van der Waals surface area contributed by atoms with Gasteiger partial charge in [0.1, 0.15) is 11.3 Å². The molecule has 1 aromatic carbocycles. The van der Waals surface area contributed by atoms with Gasteiger partial charge in [0.25, 0.3) is 0 Å². The number of rotatable bonds is 4. The Morgan fingerprint density at radius 3 is 3.00 bits per heavy atom. The first kappa shape index (κ1) is 11.4. The maximum atomic E-state index is 10.7. The molecule has 2 rings (SSSR count). The van der Waals surface area contributed by atoms with E-state index in [1.165, 1.54) is 0 Å². The predicted molar refractivity (Wildman–Crippen MR) is 61.0 cm³/mol. The molecule has 2 aromatic rings. The number of nitrogens with zero attached hydrogens (tertiary/aromatic N) is 3. The number of fused-ring (bicyclic) bond motifs is 1. The zero-order valence-corrected chi connectivity index (χ0v) is 9.62. The third-order valence-corrected chi connectivity index (χ3v) is 2.57. The zero-order valence-electron chi connectivity index (χ0n) is 9.62. The molecule has 0 saturated heterocycles. The number of carboxylic acid groups (broad SMARTS) is 1. The fourth-order valence-electron chi connectivity index (χ4n) is 1.71. The van der Waals surface area contributed by atoms with Crippen molar-refractivity contribution in [1.82, 2.24) is 15.0 Å². The van der Waals surface area contributed by atoms with E-state index >= 15 is 0 Å². The van der Waals surface area contributed by atoms with Gasteiger partial charge in [-0.1, -0.05) is 5.21 Å². The topological polar surface area (TPSA) is 77.2 Å². The summed E-state index contributed by atoms with van der Waals surface area (Å²) in [5.74, 6) is -0.148. The number of aromatic nitrogens is 3. The first-order valence-electron chi connectivity index (χ1n) is 5.22. The van der Waals surface area contributed by atoms with E-state index in [4.69, 9.17) is 9.84 Å². The largest absolute Gasteiger partial charge is 0.497 e. The number of aliphatic carboxylic acids is 1. The van der Waals surface area contributed by atoms with Crippen LogP contribution in [-0.4, -0.2) is 33.2 Å². The molecule has 0 aliphatic heterocycles. The summed E-state index contributed by atoms with van der Waals surface area (Å²) in [6.07, 6.45) is 0.0183. The van der Waals surface area contributed by atoms with Crippen LogP contribution in [0.4, 0.5) is 0 Å². The van der Waals surface area contributed by atoms with Crippen LogP contribution in [-0.2, 0) is 4.79 Å². The number of hydrogen-bond acceptors (Lipinski definition) is 4. The van der Waals surface area contributed by atoms with Gasteiger partial charge in [0.15, 0.2) is 0 Å². The third kappa shape index (κ3) is 2.20.